The smallest absolute Gasteiger partial charge is 0.242 e. The van der Waals surface area contributed by atoms with E-state index in [9.17, 15) is 9.59 Å². The Kier molecular flexibility index (Phi) is 4.09. The molecule has 1 saturated heterocycles. The van der Waals surface area contributed by atoms with Crippen LogP contribution in [0.3, 0.4) is 0 Å². The summed E-state index contributed by atoms with van der Waals surface area (Å²) in [5.41, 5.74) is 1.93. The number of hydrogen-bond donors (Lipinski definition) is 2. The van der Waals surface area contributed by atoms with Gasteiger partial charge in [0.05, 0.1) is 11.0 Å². The molecule has 2 heterocycles. The number of rotatable bonds is 5. The highest BCUT2D eigenvalue weighted by Crippen LogP contribution is 2.13. The van der Waals surface area contributed by atoms with Crippen molar-refractivity contribution in [1.82, 2.24) is 20.2 Å². The number of carbonyl (C=O) groups is 2. The van der Waals surface area contributed by atoms with Gasteiger partial charge < -0.3 is 15.2 Å². The third-order valence-corrected chi connectivity index (χ3v) is 4.06. The van der Waals surface area contributed by atoms with E-state index in [0.29, 0.717) is 25.9 Å². The molecule has 116 valence electrons. The summed E-state index contributed by atoms with van der Waals surface area (Å²) in [6.07, 6.45) is 2.03. The van der Waals surface area contributed by atoms with Gasteiger partial charge in [-0.05, 0) is 25.5 Å². The van der Waals surface area contributed by atoms with Gasteiger partial charge in [0.15, 0.2) is 0 Å². The Morgan fingerprint density at radius 2 is 2.27 bits per heavy atom. The lowest BCUT2D eigenvalue weighted by atomic mass is 10.2. The molecule has 0 bridgehead atoms. The second kappa shape index (κ2) is 6.17. The van der Waals surface area contributed by atoms with Crippen LogP contribution in [0, 0.1) is 0 Å². The Morgan fingerprint density at radius 1 is 1.45 bits per heavy atom. The van der Waals surface area contributed by atoms with Gasteiger partial charge in [-0.15, -0.1) is 0 Å². The van der Waals surface area contributed by atoms with Crippen molar-refractivity contribution in [3.63, 3.8) is 0 Å². The first kappa shape index (κ1) is 14.6. The summed E-state index contributed by atoms with van der Waals surface area (Å²) in [4.78, 5) is 33.1. The number of para-hydroxylation sites is 2. The van der Waals surface area contributed by atoms with Gasteiger partial charge in [0.25, 0.3) is 0 Å². The number of carbonyl (C=O) groups excluding carboxylic acids is 2. The van der Waals surface area contributed by atoms with Gasteiger partial charge in [-0.3, -0.25) is 9.59 Å². The van der Waals surface area contributed by atoms with Gasteiger partial charge in [0, 0.05) is 25.9 Å². The highest BCUT2D eigenvalue weighted by Gasteiger charge is 2.29. The minimum absolute atomic E-state index is 0.0694. The average molecular weight is 300 g/mol. The van der Waals surface area contributed by atoms with Crippen LogP contribution in [0.15, 0.2) is 24.3 Å². The maximum Gasteiger partial charge on any atom is 0.242 e. The number of hydrogen-bond acceptors (Lipinski definition) is 3. The number of benzene rings is 1. The normalized spacial score (nSPS) is 16.2. The molecule has 0 unspecified atom stereocenters. The highest BCUT2D eigenvalue weighted by molar-refractivity contribution is 5.88. The first-order valence-electron chi connectivity index (χ1n) is 7.66. The van der Waals surface area contributed by atoms with Crippen molar-refractivity contribution in [1.29, 1.82) is 0 Å². The second-order valence-electron chi connectivity index (χ2n) is 5.61. The summed E-state index contributed by atoms with van der Waals surface area (Å²) in [6.45, 7) is 2.96. The van der Waals surface area contributed by atoms with Crippen LogP contribution < -0.4 is 5.32 Å². The summed E-state index contributed by atoms with van der Waals surface area (Å²) in [6, 6.07) is 7.44. The van der Waals surface area contributed by atoms with Crippen molar-refractivity contribution in [3.05, 3.63) is 30.1 Å². The van der Waals surface area contributed by atoms with E-state index in [-0.39, 0.29) is 11.8 Å². The third kappa shape index (κ3) is 2.95. The van der Waals surface area contributed by atoms with Gasteiger partial charge in [-0.1, -0.05) is 12.1 Å². The van der Waals surface area contributed by atoms with Gasteiger partial charge in [-0.2, -0.15) is 0 Å². The Hall–Kier alpha value is -2.37. The number of nitrogens with zero attached hydrogens (tertiary/aromatic N) is 2. The van der Waals surface area contributed by atoms with Crippen molar-refractivity contribution in [3.8, 4) is 0 Å². The zero-order valence-corrected chi connectivity index (χ0v) is 12.6. The maximum atomic E-state index is 12.1. The van der Waals surface area contributed by atoms with E-state index in [1.165, 1.54) is 0 Å². The number of nitrogens with one attached hydrogen (secondary N) is 2. The zero-order chi connectivity index (χ0) is 15.5. The Labute approximate surface area is 128 Å². The number of likely N-dealkylation sites (tertiary alicyclic amines) is 1. The zero-order valence-electron chi connectivity index (χ0n) is 12.6. The van der Waals surface area contributed by atoms with Crippen LogP contribution in [0.4, 0.5) is 0 Å². The van der Waals surface area contributed by atoms with E-state index < -0.39 is 6.04 Å². The first-order chi connectivity index (χ1) is 10.6. The topological polar surface area (TPSA) is 78.1 Å². The van der Waals surface area contributed by atoms with Gasteiger partial charge in [0.2, 0.25) is 11.8 Å². The molecule has 0 radical (unpaired) electrons. The fraction of sp³-hybridized carbons (Fsp3) is 0.438. The monoisotopic (exact) mass is 300 g/mol. The van der Waals surface area contributed by atoms with Crippen LogP contribution in [0.1, 0.15) is 25.6 Å². The molecule has 0 aliphatic carbocycles. The molecule has 2 amide bonds. The summed E-state index contributed by atoms with van der Waals surface area (Å²) in [5, 5.41) is 2.88. The third-order valence-electron chi connectivity index (χ3n) is 4.06. The van der Waals surface area contributed by atoms with Crippen molar-refractivity contribution in [2.45, 2.75) is 32.2 Å². The molecule has 1 aromatic heterocycles. The number of H-pyrrole nitrogens is 1. The van der Waals surface area contributed by atoms with Crippen LogP contribution in [-0.4, -0.2) is 45.8 Å². The molecule has 0 saturated carbocycles. The largest absolute Gasteiger partial charge is 0.354 e. The number of aromatic amines is 1. The van der Waals surface area contributed by atoms with E-state index in [2.05, 4.69) is 15.3 Å². The molecular weight excluding hydrogens is 280 g/mol. The van der Waals surface area contributed by atoms with Crippen molar-refractivity contribution in [2.75, 3.05) is 13.1 Å². The molecule has 1 fully saturated rings. The van der Waals surface area contributed by atoms with Gasteiger partial charge in [-0.25, -0.2) is 4.98 Å². The lowest BCUT2D eigenvalue weighted by molar-refractivity contribution is -0.136. The molecule has 2 aromatic rings. The average Bonchev–Trinajstić information content (AvgIpc) is 3.11. The minimum Gasteiger partial charge on any atom is -0.354 e. The van der Waals surface area contributed by atoms with E-state index in [1.807, 2.05) is 24.3 Å². The lowest BCUT2D eigenvalue weighted by Gasteiger charge is -2.23. The van der Waals surface area contributed by atoms with E-state index in [4.69, 9.17) is 0 Å². The Bertz CT molecular complexity index is 661. The van der Waals surface area contributed by atoms with Crippen LogP contribution >= 0.6 is 0 Å². The van der Waals surface area contributed by atoms with Crippen LogP contribution in [0.25, 0.3) is 11.0 Å². The highest BCUT2D eigenvalue weighted by atomic mass is 16.2. The predicted octanol–water partition coefficient (Wildman–Crippen LogP) is 1.23. The minimum atomic E-state index is -0.398. The number of aromatic nitrogens is 2. The van der Waals surface area contributed by atoms with E-state index in [1.54, 1.807) is 11.8 Å². The van der Waals surface area contributed by atoms with Crippen molar-refractivity contribution >= 4 is 22.8 Å². The van der Waals surface area contributed by atoms with Gasteiger partial charge in [0.1, 0.15) is 11.9 Å². The quantitative estimate of drug-likeness (QED) is 0.872. The SMILES string of the molecule is C[C@@H](C(=O)NCCc1nc2ccccc2[nH]1)N1CCCC1=O. The van der Waals surface area contributed by atoms with Crippen molar-refractivity contribution in [2.24, 2.45) is 0 Å². The summed E-state index contributed by atoms with van der Waals surface area (Å²) in [5.74, 6) is 0.817. The molecule has 22 heavy (non-hydrogen) atoms. The molecular formula is C16H20N4O2. The van der Waals surface area contributed by atoms with Gasteiger partial charge >= 0.3 is 0 Å². The predicted molar refractivity (Wildman–Crippen MR) is 83.2 cm³/mol. The standard InChI is InChI=1S/C16H20N4O2/c1-11(20-10-4-7-15(20)21)16(22)17-9-8-14-18-12-5-2-3-6-13(12)19-14/h2-3,5-6,11H,4,7-10H2,1H3,(H,17,22)(H,18,19)/t11-/m0/s1. The fourth-order valence-electron chi connectivity index (χ4n) is 2.80. The Morgan fingerprint density at radius 3 is 3.00 bits per heavy atom. The summed E-state index contributed by atoms with van der Waals surface area (Å²) < 4.78 is 0. The molecule has 0 spiro atoms. The number of imidazole rings is 1. The molecule has 1 aliphatic heterocycles. The summed E-state index contributed by atoms with van der Waals surface area (Å²) in [7, 11) is 0. The number of amides is 2. The van der Waals surface area contributed by atoms with E-state index >= 15 is 0 Å². The Balaban J connectivity index is 1.51. The lowest BCUT2D eigenvalue weighted by Crippen LogP contribution is -2.46. The maximum absolute atomic E-state index is 12.1. The summed E-state index contributed by atoms with van der Waals surface area (Å²) >= 11 is 0. The second-order valence-corrected chi connectivity index (χ2v) is 5.61. The number of fused-ring (bicyclic) bond motifs is 1. The fourth-order valence-corrected chi connectivity index (χ4v) is 2.80. The molecule has 2 N–H and O–H groups in total. The van der Waals surface area contributed by atoms with Crippen molar-refractivity contribution < 1.29 is 9.59 Å². The van der Waals surface area contributed by atoms with E-state index in [0.717, 1.165) is 23.3 Å². The van der Waals surface area contributed by atoms with Crippen LogP contribution in [0.2, 0.25) is 0 Å². The molecule has 6 nitrogen and oxygen atoms in total. The molecule has 1 atom stereocenters. The molecule has 1 aliphatic rings. The van der Waals surface area contributed by atoms with Crippen LogP contribution in [0.5, 0.6) is 0 Å². The molecule has 3 rings (SSSR count). The molecule has 6 heteroatoms. The van der Waals surface area contributed by atoms with Crippen LogP contribution in [-0.2, 0) is 16.0 Å². The first-order valence-corrected chi connectivity index (χ1v) is 7.66. The molecule has 1 aromatic carbocycles.